The number of fused-ring (bicyclic) bond motifs is 13. The van der Waals surface area contributed by atoms with E-state index in [1.54, 1.807) is 0 Å². The van der Waals surface area contributed by atoms with Crippen LogP contribution in [0.5, 0.6) is 0 Å². The molecular weight excluding hydrogens is 527 g/mol. The van der Waals surface area contributed by atoms with Crippen LogP contribution in [0.2, 0.25) is 0 Å². The van der Waals surface area contributed by atoms with Crippen molar-refractivity contribution in [2.75, 3.05) is 0 Å². The van der Waals surface area contributed by atoms with Gasteiger partial charge in [-0.2, -0.15) is 5.26 Å². The molecule has 7 aromatic rings. The Kier molecular flexibility index (Phi) is 4.83. The molecule has 2 aliphatic carbocycles. The van der Waals surface area contributed by atoms with Gasteiger partial charge in [-0.25, -0.2) is 0 Å². The van der Waals surface area contributed by atoms with Crippen molar-refractivity contribution in [3.63, 3.8) is 0 Å². The first-order valence-corrected chi connectivity index (χ1v) is 15.1. The van der Waals surface area contributed by atoms with Crippen molar-refractivity contribution in [2.24, 2.45) is 0 Å². The molecule has 1 nitrogen and oxygen atoms in total. The normalized spacial score (nSPS) is 16.1. The number of benzene rings is 6. The van der Waals surface area contributed by atoms with Gasteiger partial charge in [0.2, 0.25) is 0 Å². The Balaban J connectivity index is 1.44. The molecule has 9 rings (SSSR count). The molecule has 0 aliphatic heterocycles. The van der Waals surface area contributed by atoms with Crippen LogP contribution in [-0.4, -0.2) is 0 Å². The molecule has 2 heteroatoms. The Morgan fingerprint density at radius 2 is 1.26 bits per heavy atom. The van der Waals surface area contributed by atoms with E-state index >= 15 is 0 Å². The Morgan fingerprint density at radius 1 is 0.548 bits per heavy atom. The van der Waals surface area contributed by atoms with Crippen LogP contribution < -0.4 is 0 Å². The van der Waals surface area contributed by atoms with Crippen molar-refractivity contribution >= 4 is 43.7 Å². The topological polar surface area (TPSA) is 23.8 Å². The third-order valence-electron chi connectivity index (χ3n) is 9.16. The zero-order chi connectivity index (χ0) is 27.8. The van der Waals surface area contributed by atoms with Gasteiger partial charge in [-0.15, -0.1) is 11.3 Å². The van der Waals surface area contributed by atoms with Gasteiger partial charge in [0.1, 0.15) is 0 Å². The quantitative estimate of drug-likeness (QED) is 0.200. The lowest BCUT2D eigenvalue weighted by molar-refractivity contribution is 0.767. The standard InChI is InChI=1S/C40H23NS/c41-24-25-13-15-26(16-14-25)29-20-19-28-18-17-27-7-1-4-10-33(27)40(36(28)23-29)34-11-5-2-9-32(34)38-35(40)22-21-31-30-8-3-6-12-37(30)42-39(31)38/h1-23H. The third kappa shape index (κ3) is 3.01. The molecule has 0 saturated carbocycles. The lowest BCUT2D eigenvalue weighted by Crippen LogP contribution is -2.30. The summed E-state index contributed by atoms with van der Waals surface area (Å²) < 4.78 is 2.68. The minimum absolute atomic E-state index is 0.478. The number of hydrogen-bond donors (Lipinski definition) is 0. The van der Waals surface area contributed by atoms with Gasteiger partial charge in [-0.05, 0) is 74.3 Å². The van der Waals surface area contributed by atoms with Gasteiger partial charge >= 0.3 is 0 Å². The summed E-state index contributed by atoms with van der Waals surface area (Å²) >= 11 is 1.91. The number of hydrogen-bond acceptors (Lipinski definition) is 2. The summed E-state index contributed by atoms with van der Waals surface area (Å²) in [5.74, 6) is 0. The largest absolute Gasteiger partial charge is 0.192 e. The fraction of sp³-hybridized carbons (Fsp3) is 0.0250. The highest BCUT2D eigenvalue weighted by Crippen LogP contribution is 2.61. The zero-order valence-corrected chi connectivity index (χ0v) is 23.5. The Labute approximate surface area is 248 Å². The van der Waals surface area contributed by atoms with Crippen molar-refractivity contribution < 1.29 is 0 Å². The monoisotopic (exact) mass is 549 g/mol. The van der Waals surface area contributed by atoms with E-state index in [-0.39, 0.29) is 0 Å². The minimum Gasteiger partial charge on any atom is -0.192 e. The first kappa shape index (κ1) is 23.5. The molecule has 0 radical (unpaired) electrons. The Bertz CT molecular complexity index is 2310. The lowest BCUT2D eigenvalue weighted by atomic mass is 9.65. The first-order valence-electron chi connectivity index (χ1n) is 14.2. The molecule has 2 aliphatic rings. The molecule has 1 spiro atoms. The SMILES string of the molecule is N#Cc1ccc(-c2ccc3c(c2)C2(c4ccccc4C=C3)c3ccccc3-c3c2ccc2c3sc3ccccc32)cc1. The van der Waals surface area contributed by atoms with Gasteiger partial charge < -0.3 is 0 Å². The van der Waals surface area contributed by atoms with Gasteiger partial charge in [0, 0.05) is 25.7 Å². The maximum atomic E-state index is 9.37. The molecule has 0 N–H and O–H groups in total. The Morgan fingerprint density at radius 3 is 2.12 bits per heavy atom. The van der Waals surface area contributed by atoms with Crippen molar-refractivity contribution in [1.82, 2.24) is 0 Å². The molecule has 6 aromatic carbocycles. The van der Waals surface area contributed by atoms with Gasteiger partial charge in [-0.1, -0.05) is 115 Å². The summed E-state index contributed by atoms with van der Waals surface area (Å²) in [5.41, 5.74) is 12.9. The average molecular weight is 550 g/mol. The molecule has 42 heavy (non-hydrogen) atoms. The molecule has 0 fully saturated rings. The summed E-state index contributed by atoms with van der Waals surface area (Å²) in [5, 5.41) is 12.0. The van der Waals surface area contributed by atoms with Crippen LogP contribution in [0.25, 0.3) is 54.6 Å². The molecule has 194 valence electrons. The van der Waals surface area contributed by atoms with Crippen LogP contribution in [-0.2, 0) is 5.41 Å². The molecule has 0 amide bonds. The van der Waals surface area contributed by atoms with E-state index < -0.39 is 5.41 Å². The molecule has 1 heterocycles. The van der Waals surface area contributed by atoms with E-state index in [0.29, 0.717) is 5.56 Å². The summed E-state index contributed by atoms with van der Waals surface area (Å²) in [6.07, 6.45) is 4.56. The zero-order valence-electron chi connectivity index (χ0n) is 22.6. The summed E-state index contributed by atoms with van der Waals surface area (Å²) in [4.78, 5) is 0. The van der Waals surface area contributed by atoms with Crippen molar-refractivity contribution in [1.29, 1.82) is 5.26 Å². The van der Waals surface area contributed by atoms with Crippen molar-refractivity contribution in [3.8, 4) is 28.3 Å². The van der Waals surface area contributed by atoms with Crippen molar-refractivity contribution in [2.45, 2.75) is 5.41 Å². The first-order chi connectivity index (χ1) is 20.8. The fourth-order valence-electron chi connectivity index (χ4n) is 7.37. The maximum absolute atomic E-state index is 9.37. The number of nitriles is 1. The van der Waals surface area contributed by atoms with Gasteiger partial charge in [0.25, 0.3) is 0 Å². The fourth-order valence-corrected chi connectivity index (χ4v) is 8.64. The van der Waals surface area contributed by atoms with Crippen LogP contribution in [0.4, 0.5) is 0 Å². The molecule has 1 atom stereocenters. The smallest absolute Gasteiger partial charge is 0.0991 e. The highest BCUT2D eigenvalue weighted by atomic mass is 32.1. The molecular formula is C40H23NS. The van der Waals surface area contributed by atoms with E-state index in [1.807, 2.05) is 23.5 Å². The van der Waals surface area contributed by atoms with Crippen LogP contribution in [0.15, 0.2) is 127 Å². The summed E-state index contributed by atoms with van der Waals surface area (Å²) in [6, 6.07) is 48.5. The lowest BCUT2D eigenvalue weighted by Gasteiger charge is -2.35. The highest BCUT2D eigenvalue weighted by Gasteiger charge is 2.49. The second kappa shape index (κ2) is 8.63. The number of thiophene rings is 1. The number of rotatable bonds is 1. The van der Waals surface area contributed by atoms with Gasteiger partial charge in [0.05, 0.1) is 17.0 Å². The van der Waals surface area contributed by atoms with E-state index in [9.17, 15) is 5.26 Å². The maximum Gasteiger partial charge on any atom is 0.0991 e. The van der Waals surface area contributed by atoms with Gasteiger partial charge in [0.15, 0.2) is 0 Å². The summed E-state index contributed by atoms with van der Waals surface area (Å²) in [6.45, 7) is 0. The van der Waals surface area contributed by atoms with E-state index in [4.69, 9.17) is 0 Å². The van der Waals surface area contributed by atoms with E-state index in [0.717, 1.165) is 11.1 Å². The predicted octanol–water partition coefficient (Wildman–Crippen LogP) is 10.4. The third-order valence-corrected chi connectivity index (χ3v) is 10.4. The summed E-state index contributed by atoms with van der Waals surface area (Å²) in [7, 11) is 0. The van der Waals surface area contributed by atoms with Crippen molar-refractivity contribution in [3.05, 3.63) is 166 Å². The Hall–Kier alpha value is -5.23. The minimum atomic E-state index is -0.478. The van der Waals surface area contributed by atoms with Crippen LogP contribution in [0, 0.1) is 11.3 Å². The number of nitrogens with zero attached hydrogens (tertiary/aromatic N) is 1. The van der Waals surface area contributed by atoms with E-state index in [2.05, 4.69) is 133 Å². The van der Waals surface area contributed by atoms with E-state index in [1.165, 1.54) is 64.7 Å². The molecule has 1 aromatic heterocycles. The second-order valence-electron chi connectivity index (χ2n) is 11.2. The highest BCUT2D eigenvalue weighted by molar-refractivity contribution is 7.26. The second-order valence-corrected chi connectivity index (χ2v) is 12.2. The molecule has 0 saturated heterocycles. The van der Waals surface area contributed by atoms with Gasteiger partial charge in [-0.3, -0.25) is 0 Å². The van der Waals surface area contributed by atoms with Crippen LogP contribution in [0.1, 0.15) is 38.9 Å². The molecule has 0 bridgehead atoms. The molecule has 1 unspecified atom stereocenters. The van der Waals surface area contributed by atoms with Crippen LogP contribution >= 0.6 is 11.3 Å². The predicted molar refractivity (Wildman–Crippen MR) is 176 cm³/mol. The van der Waals surface area contributed by atoms with Crippen LogP contribution in [0.3, 0.4) is 0 Å². The average Bonchev–Trinajstić information content (AvgIpc) is 3.53.